The van der Waals surface area contributed by atoms with Crippen molar-refractivity contribution in [2.45, 2.75) is 84.8 Å². The predicted molar refractivity (Wildman–Crippen MR) is 149 cm³/mol. The quantitative estimate of drug-likeness (QED) is 0.461. The highest BCUT2D eigenvalue weighted by atomic mass is 32.2. The van der Waals surface area contributed by atoms with Gasteiger partial charge in [0.05, 0.1) is 11.9 Å². The Balaban J connectivity index is 1.73. The minimum absolute atomic E-state index is 0.139. The molecule has 1 N–H and O–H groups in total. The molecule has 0 heterocycles. The van der Waals surface area contributed by atoms with E-state index >= 15 is 0 Å². The lowest BCUT2D eigenvalue weighted by atomic mass is 10.1. The number of hydrogen-bond acceptors (Lipinski definition) is 4. The van der Waals surface area contributed by atoms with Crippen LogP contribution >= 0.6 is 0 Å². The van der Waals surface area contributed by atoms with Gasteiger partial charge in [-0.1, -0.05) is 48.7 Å². The first-order chi connectivity index (χ1) is 17.4. The number of anilines is 1. The molecule has 1 saturated carbocycles. The summed E-state index contributed by atoms with van der Waals surface area (Å²) in [5.41, 5.74) is 4.64. The zero-order valence-corrected chi connectivity index (χ0v) is 23.6. The Bertz CT molecular complexity index is 1170. The van der Waals surface area contributed by atoms with E-state index in [0.29, 0.717) is 18.7 Å². The Labute approximate surface area is 222 Å². The molecule has 2 aromatic carbocycles. The van der Waals surface area contributed by atoms with Gasteiger partial charge in [-0.05, 0) is 75.8 Å². The summed E-state index contributed by atoms with van der Waals surface area (Å²) in [6.07, 6.45) is 5.86. The summed E-state index contributed by atoms with van der Waals surface area (Å²) in [5.74, 6) is -0.302. The average molecular weight is 528 g/mol. The molecule has 7 nitrogen and oxygen atoms in total. The monoisotopic (exact) mass is 527 g/mol. The van der Waals surface area contributed by atoms with Gasteiger partial charge < -0.3 is 10.2 Å². The van der Waals surface area contributed by atoms with E-state index in [0.717, 1.165) is 47.9 Å². The zero-order valence-electron chi connectivity index (χ0n) is 22.8. The second-order valence-corrected chi connectivity index (χ2v) is 12.4. The van der Waals surface area contributed by atoms with Crippen LogP contribution in [0.3, 0.4) is 0 Å². The lowest BCUT2D eigenvalue weighted by Crippen LogP contribution is -2.49. The maximum atomic E-state index is 13.5. The van der Waals surface area contributed by atoms with Gasteiger partial charge in [0.1, 0.15) is 6.04 Å². The van der Waals surface area contributed by atoms with Gasteiger partial charge in [-0.25, -0.2) is 8.42 Å². The number of rotatable bonds is 11. The molecule has 37 heavy (non-hydrogen) atoms. The number of carbonyl (C=O) groups is 2. The van der Waals surface area contributed by atoms with Crippen molar-refractivity contribution in [3.8, 4) is 0 Å². The molecule has 1 fully saturated rings. The predicted octanol–water partition coefficient (Wildman–Crippen LogP) is 4.63. The van der Waals surface area contributed by atoms with Crippen LogP contribution in [-0.4, -0.2) is 50.0 Å². The van der Waals surface area contributed by atoms with Crippen molar-refractivity contribution < 1.29 is 18.0 Å². The van der Waals surface area contributed by atoms with Gasteiger partial charge in [-0.3, -0.25) is 13.9 Å². The van der Waals surface area contributed by atoms with Crippen LogP contribution in [-0.2, 0) is 26.2 Å². The van der Waals surface area contributed by atoms with Gasteiger partial charge in [0.15, 0.2) is 0 Å². The molecule has 202 valence electrons. The molecule has 0 aromatic heterocycles. The maximum absolute atomic E-state index is 13.5. The van der Waals surface area contributed by atoms with Gasteiger partial charge in [-0.15, -0.1) is 0 Å². The van der Waals surface area contributed by atoms with Crippen LogP contribution in [0, 0.1) is 20.8 Å². The van der Waals surface area contributed by atoms with Crippen LogP contribution in [0.5, 0.6) is 0 Å². The number of benzene rings is 2. The number of hydrogen-bond donors (Lipinski definition) is 1. The third kappa shape index (κ3) is 8.32. The third-order valence-corrected chi connectivity index (χ3v) is 8.18. The van der Waals surface area contributed by atoms with E-state index in [4.69, 9.17) is 0 Å². The van der Waals surface area contributed by atoms with E-state index in [9.17, 15) is 18.0 Å². The molecule has 0 aliphatic heterocycles. The van der Waals surface area contributed by atoms with Gasteiger partial charge in [-0.2, -0.15) is 0 Å². The van der Waals surface area contributed by atoms with Crippen LogP contribution in [0.15, 0.2) is 42.5 Å². The summed E-state index contributed by atoms with van der Waals surface area (Å²) in [4.78, 5) is 28.1. The number of carbonyl (C=O) groups excluding carboxylic acids is 2. The first kappa shape index (κ1) is 28.7. The van der Waals surface area contributed by atoms with E-state index in [2.05, 4.69) is 5.32 Å². The second kappa shape index (κ2) is 12.6. The van der Waals surface area contributed by atoms with Crippen LogP contribution in [0.1, 0.15) is 67.7 Å². The number of sulfonamides is 1. The minimum Gasteiger partial charge on any atom is -0.352 e. The van der Waals surface area contributed by atoms with Crippen molar-refractivity contribution in [1.82, 2.24) is 10.2 Å². The smallest absolute Gasteiger partial charge is 0.242 e. The minimum atomic E-state index is -3.52. The van der Waals surface area contributed by atoms with Crippen molar-refractivity contribution in [2.75, 3.05) is 17.1 Å². The molecule has 1 aliphatic carbocycles. The van der Waals surface area contributed by atoms with Gasteiger partial charge >= 0.3 is 0 Å². The lowest BCUT2D eigenvalue weighted by molar-refractivity contribution is -0.141. The molecular weight excluding hydrogens is 486 g/mol. The third-order valence-electron chi connectivity index (χ3n) is 6.99. The first-order valence-corrected chi connectivity index (χ1v) is 15.0. The largest absolute Gasteiger partial charge is 0.352 e. The summed E-state index contributed by atoms with van der Waals surface area (Å²) in [6.45, 7) is 8.16. The molecule has 0 unspecified atom stereocenters. The van der Waals surface area contributed by atoms with Crippen molar-refractivity contribution >= 4 is 27.5 Å². The van der Waals surface area contributed by atoms with Crippen molar-refractivity contribution in [3.63, 3.8) is 0 Å². The Morgan fingerprint density at radius 1 is 0.973 bits per heavy atom. The van der Waals surface area contributed by atoms with Gasteiger partial charge in [0.2, 0.25) is 21.8 Å². The summed E-state index contributed by atoms with van der Waals surface area (Å²) in [7, 11) is -3.52. The van der Waals surface area contributed by atoms with Crippen LogP contribution in [0.2, 0.25) is 0 Å². The highest BCUT2D eigenvalue weighted by Gasteiger charge is 2.28. The van der Waals surface area contributed by atoms with Crippen molar-refractivity contribution in [1.29, 1.82) is 0 Å². The Morgan fingerprint density at radius 2 is 1.57 bits per heavy atom. The first-order valence-electron chi connectivity index (χ1n) is 13.2. The highest BCUT2D eigenvalue weighted by Crippen LogP contribution is 2.23. The summed E-state index contributed by atoms with van der Waals surface area (Å²) in [6, 6.07) is 13.2. The SMILES string of the molecule is Cc1ccc(CN(C(=O)CCCN(c2cc(C)cc(C)c2)S(C)(=O)=O)[C@@H](C)C(=O)NC2CCCC2)cc1. The van der Waals surface area contributed by atoms with E-state index in [1.807, 2.05) is 63.2 Å². The van der Waals surface area contributed by atoms with Crippen LogP contribution in [0.4, 0.5) is 5.69 Å². The van der Waals surface area contributed by atoms with Crippen LogP contribution in [0.25, 0.3) is 0 Å². The molecule has 0 bridgehead atoms. The topological polar surface area (TPSA) is 86.8 Å². The molecule has 1 aliphatic rings. The molecular formula is C29H41N3O4S. The summed E-state index contributed by atoms with van der Waals surface area (Å²) >= 11 is 0. The normalized spacial score (nSPS) is 14.8. The summed E-state index contributed by atoms with van der Waals surface area (Å²) in [5, 5.41) is 3.11. The highest BCUT2D eigenvalue weighted by molar-refractivity contribution is 7.92. The van der Waals surface area contributed by atoms with E-state index < -0.39 is 16.1 Å². The molecule has 2 aromatic rings. The fraction of sp³-hybridized carbons (Fsp3) is 0.517. The number of nitrogens with one attached hydrogen (secondary N) is 1. The van der Waals surface area contributed by atoms with Crippen LogP contribution < -0.4 is 9.62 Å². The maximum Gasteiger partial charge on any atom is 0.242 e. The molecule has 8 heteroatoms. The van der Waals surface area contributed by atoms with E-state index in [1.54, 1.807) is 11.8 Å². The fourth-order valence-electron chi connectivity index (χ4n) is 4.96. The summed E-state index contributed by atoms with van der Waals surface area (Å²) < 4.78 is 26.5. The van der Waals surface area contributed by atoms with Crippen molar-refractivity contribution in [2.24, 2.45) is 0 Å². The second-order valence-electron chi connectivity index (χ2n) is 10.5. The molecule has 3 rings (SSSR count). The molecule has 0 radical (unpaired) electrons. The number of amides is 2. The molecule has 0 spiro atoms. The average Bonchev–Trinajstić information content (AvgIpc) is 3.32. The zero-order chi connectivity index (χ0) is 27.2. The number of aryl methyl sites for hydroxylation is 3. The van der Waals surface area contributed by atoms with Gasteiger partial charge in [0, 0.05) is 25.6 Å². The molecule has 0 saturated heterocycles. The lowest BCUT2D eigenvalue weighted by Gasteiger charge is -2.30. The molecule has 1 atom stereocenters. The van der Waals surface area contributed by atoms with Crippen molar-refractivity contribution in [3.05, 3.63) is 64.7 Å². The Kier molecular flexibility index (Phi) is 9.76. The number of nitrogens with zero attached hydrogens (tertiary/aromatic N) is 2. The van der Waals surface area contributed by atoms with Gasteiger partial charge in [0.25, 0.3) is 0 Å². The standard InChI is InChI=1S/C29H41N3O4S/c1-21-12-14-25(15-13-21)20-31(24(4)29(34)30-26-9-6-7-10-26)28(33)11-8-16-32(37(5,35)36)27-18-22(2)17-23(3)19-27/h12-15,17-19,24,26H,6-11,16,20H2,1-5H3,(H,30,34)/t24-/m0/s1. The fourth-order valence-corrected chi connectivity index (χ4v) is 5.91. The van der Waals surface area contributed by atoms with E-state index in [-0.39, 0.29) is 30.8 Å². The Hall–Kier alpha value is -2.87. The van der Waals surface area contributed by atoms with E-state index in [1.165, 1.54) is 10.6 Å². The Morgan fingerprint density at radius 3 is 2.14 bits per heavy atom. The molecule has 2 amide bonds.